The number of nitrogens with one attached hydrogen (secondary N) is 1. The van der Waals surface area contributed by atoms with Crippen LogP contribution in [0.3, 0.4) is 0 Å². The molecule has 1 amide bonds. The molecule has 1 N–H and O–H groups in total. The molecular weight excluding hydrogens is 382 g/mol. The Morgan fingerprint density at radius 3 is 2.71 bits per heavy atom. The molecule has 0 bridgehead atoms. The van der Waals surface area contributed by atoms with Gasteiger partial charge >= 0.3 is 5.97 Å². The summed E-state index contributed by atoms with van der Waals surface area (Å²) in [7, 11) is 0. The molecule has 0 fully saturated rings. The van der Waals surface area contributed by atoms with Gasteiger partial charge in [0.2, 0.25) is 12.7 Å². The Morgan fingerprint density at radius 2 is 2.00 bits per heavy atom. The molecule has 8 heteroatoms. The predicted molar refractivity (Wildman–Crippen MR) is 105 cm³/mol. The van der Waals surface area contributed by atoms with Crippen molar-refractivity contribution in [1.82, 2.24) is 0 Å². The van der Waals surface area contributed by atoms with E-state index in [1.54, 1.807) is 38.1 Å². The third kappa shape index (κ3) is 4.07. The topological polar surface area (TPSA) is 90.9 Å². The first-order valence-electron chi connectivity index (χ1n) is 8.60. The molecule has 7 nitrogen and oxygen atoms in total. The Morgan fingerprint density at radius 1 is 1.25 bits per heavy atom. The molecule has 3 rings (SSSR count). The van der Waals surface area contributed by atoms with Crippen molar-refractivity contribution in [3.05, 3.63) is 45.8 Å². The van der Waals surface area contributed by atoms with Gasteiger partial charge < -0.3 is 19.5 Å². The number of carbonyl (C=O) groups excluding carboxylic acids is 3. The van der Waals surface area contributed by atoms with E-state index in [0.29, 0.717) is 26.9 Å². The highest BCUT2D eigenvalue weighted by molar-refractivity contribution is 7.18. The van der Waals surface area contributed by atoms with Crippen LogP contribution in [-0.4, -0.2) is 31.1 Å². The second-order valence-electron chi connectivity index (χ2n) is 5.97. The minimum Gasteiger partial charge on any atom is -0.462 e. The lowest BCUT2D eigenvalue weighted by molar-refractivity contribution is -0.111. The minimum atomic E-state index is -0.571. The fourth-order valence-corrected chi connectivity index (χ4v) is 3.82. The van der Waals surface area contributed by atoms with Crippen LogP contribution in [-0.2, 0) is 9.53 Å². The van der Waals surface area contributed by atoms with Gasteiger partial charge in [0.05, 0.1) is 17.0 Å². The smallest absolute Gasteiger partial charge is 0.341 e. The van der Waals surface area contributed by atoms with Gasteiger partial charge in [0.15, 0.2) is 17.3 Å². The second-order valence-corrected chi connectivity index (χ2v) is 6.99. The summed E-state index contributed by atoms with van der Waals surface area (Å²) in [5.41, 5.74) is 1.48. The first kappa shape index (κ1) is 19.6. The molecule has 28 heavy (non-hydrogen) atoms. The molecule has 1 aromatic heterocycles. The van der Waals surface area contributed by atoms with Crippen LogP contribution in [0.4, 0.5) is 5.00 Å². The van der Waals surface area contributed by atoms with Gasteiger partial charge in [0.1, 0.15) is 5.00 Å². The van der Waals surface area contributed by atoms with Gasteiger partial charge in [-0.25, -0.2) is 4.79 Å². The molecule has 0 spiro atoms. The Bertz CT molecular complexity index is 975. The maximum Gasteiger partial charge on any atom is 0.341 e. The van der Waals surface area contributed by atoms with E-state index in [2.05, 4.69) is 5.32 Å². The van der Waals surface area contributed by atoms with E-state index < -0.39 is 11.9 Å². The quantitative estimate of drug-likeness (QED) is 0.450. The largest absolute Gasteiger partial charge is 0.462 e. The number of fused-ring (bicyclic) bond motifs is 1. The van der Waals surface area contributed by atoms with Crippen molar-refractivity contribution in [2.75, 3.05) is 18.7 Å². The first-order chi connectivity index (χ1) is 13.4. The maximum atomic E-state index is 12.4. The van der Waals surface area contributed by atoms with Crippen LogP contribution >= 0.6 is 11.3 Å². The van der Waals surface area contributed by atoms with Crippen molar-refractivity contribution in [1.29, 1.82) is 0 Å². The summed E-state index contributed by atoms with van der Waals surface area (Å²) >= 11 is 1.06. The van der Waals surface area contributed by atoms with Crippen LogP contribution in [0.25, 0.3) is 6.08 Å². The van der Waals surface area contributed by atoms with Gasteiger partial charge in [-0.15, -0.1) is 11.3 Å². The van der Waals surface area contributed by atoms with E-state index in [1.165, 1.54) is 13.0 Å². The molecule has 146 valence electrons. The Hall–Kier alpha value is -3.13. The second kappa shape index (κ2) is 8.26. The molecular formula is C20H19NO6S. The number of amides is 1. The highest BCUT2D eigenvalue weighted by atomic mass is 32.1. The van der Waals surface area contributed by atoms with Crippen LogP contribution in [0.2, 0.25) is 0 Å². The summed E-state index contributed by atoms with van der Waals surface area (Å²) < 4.78 is 15.6. The predicted octanol–water partition coefficient (Wildman–Crippen LogP) is 3.82. The highest BCUT2D eigenvalue weighted by Gasteiger charge is 2.24. The first-order valence-corrected chi connectivity index (χ1v) is 9.42. The molecule has 1 aliphatic heterocycles. The van der Waals surface area contributed by atoms with E-state index in [4.69, 9.17) is 14.2 Å². The lowest BCUT2D eigenvalue weighted by Gasteiger charge is -2.05. The molecule has 2 heterocycles. The summed E-state index contributed by atoms with van der Waals surface area (Å²) in [6, 6.07) is 5.32. The number of Topliss-reactive ketones (excluding diaryl/α,β-unsaturated/α-hetero) is 1. The van der Waals surface area contributed by atoms with Crippen LogP contribution in [0.15, 0.2) is 24.3 Å². The Balaban J connectivity index is 1.80. The zero-order valence-electron chi connectivity index (χ0n) is 15.7. The lowest BCUT2D eigenvalue weighted by atomic mass is 10.1. The summed E-state index contributed by atoms with van der Waals surface area (Å²) in [5, 5.41) is 2.97. The molecule has 0 saturated heterocycles. The normalized spacial score (nSPS) is 12.2. The molecule has 0 unspecified atom stereocenters. The van der Waals surface area contributed by atoms with E-state index >= 15 is 0 Å². The minimum absolute atomic E-state index is 0.176. The zero-order chi connectivity index (χ0) is 20.3. The zero-order valence-corrected chi connectivity index (χ0v) is 16.5. The van der Waals surface area contributed by atoms with E-state index in [-0.39, 0.29) is 24.7 Å². The van der Waals surface area contributed by atoms with Crippen molar-refractivity contribution in [2.45, 2.75) is 20.8 Å². The van der Waals surface area contributed by atoms with Crippen LogP contribution in [0.5, 0.6) is 11.5 Å². The van der Waals surface area contributed by atoms with E-state index in [1.807, 2.05) is 0 Å². The third-order valence-corrected chi connectivity index (χ3v) is 5.31. The molecule has 0 saturated carbocycles. The SMILES string of the molecule is CCOC(=O)c1c(NC(=O)/C=C/c2ccc3c(c2)OCO3)sc(C(C)=O)c1C. The number of benzene rings is 1. The van der Waals surface area contributed by atoms with Crippen LogP contribution in [0, 0.1) is 6.92 Å². The summed E-state index contributed by atoms with van der Waals surface area (Å²) in [4.78, 5) is 36.9. The van der Waals surface area contributed by atoms with Gasteiger partial charge in [-0.1, -0.05) is 6.07 Å². The van der Waals surface area contributed by atoms with Crippen molar-refractivity contribution in [3.8, 4) is 11.5 Å². The standard InChI is InChI=1S/C20H19NO6S/c1-4-25-20(24)17-11(2)18(12(3)22)28-19(17)21-16(23)8-6-13-5-7-14-15(9-13)27-10-26-14/h5-9H,4,10H2,1-3H3,(H,21,23)/b8-6+. The third-order valence-electron chi connectivity index (χ3n) is 4.01. The number of esters is 1. The Kier molecular flexibility index (Phi) is 5.79. The summed E-state index contributed by atoms with van der Waals surface area (Å²) in [6.07, 6.45) is 2.96. The number of carbonyl (C=O) groups is 3. The number of anilines is 1. The summed E-state index contributed by atoms with van der Waals surface area (Å²) in [5.74, 6) is 0.0986. The van der Waals surface area contributed by atoms with Gasteiger partial charge in [-0.05, 0) is 50.1 Å². The molecule has 1 aromatic carbocycles. The number of rotatable bonds is 6. The average Bonchev–Trinajstić information content (AvgIpc) is 3.24. The van der Waals surface area contributed by atoms with Gasteiger partial charge in [0, 0.05) is 6.08 Å². The van der Waals surface area contributed by atoms with Crippen LogP contribution < -0.4 is 14.8 Å². The number of ether oxygens (including phenoxy) is 3. The average molecular weight is 401 g/mol. The highest BCUT2D eigenvalue weighted by Crippen LogP contribution is 2.35. The van der Waals surface area contributed by atoms with Crippen molar-refractivity contribution in [2.24, 2.45) is 0 Å². The number of ketones is 1. The number of hydrogen-bond acceptors (Lipinski definition) is 7. The molecule has 0 atom stereocenters. The van der Waals surface area contributed by atoms with Gasteiger partial charge in [0.25, 0.3) is 0 Å². The lowest BCUT2D eigenvalue weighted by Crippen LogP contribution is -2.12. The molecule has 2 aromatic rings. The fourth-order valence-electron chi connectivity index (χ4n) is 2.73. The molecule has 0 aliphatic carbocycles. The number of hydrogen-bond donors (Lipinski definition) is 1. The van der Waals surface area contributed by atoms with Crippen molar-refractivity contribution >= 4 is 40.1 Å². The van der Waals surface area contributed by atoms with Crippen molar-refractivity contribution < 1.29 is 28.6 Å². The fraction of sp³-hybridized carbons (Fsp3) is 0.250. The van der Waals surface area contributed by atoms with E-state index in [9.17, 15) is 14.4 Å². The Labute approximate surface area is 165 Å². The maximum absolute atomic E-state index is 12.4. The van der Waals surface area contributed by atoms with Gasteiger partial charge in [-0.2, -0.15) is 0 Å². The van der Waals surface area contributed by atoms with E-state index in [0.717, 1.165) is 16.9 Å². The van der Waals surface area contributed by atoms with Crippen molar-refractivity contribution in [3.63, 3.8) is 0 Å². The molecule has 0 radical (unpaired) electrons. The monoisotopic (exact) mass is 401 g/mol. The molecule has 1 aliphatic rings. The van der Waals surface area contributed by atoms with Gasteiger partial charge in [-0.3, -0.25) is 9.59 Å². The number of thiophene rings is 1. The van der Waals surface area contributed by atoms with Crippen LogP contribution in [0.1, 0.15) is 45.0 Å². The summed E-state index contributed by atoms with van der Waals surface area (Å²) in [6.45, 7) is 5.14.